The third-order valence-electron chi connectivity index (χ3n) is 14.0. The van der Waals surface area contributed by atoms with Crippen molar-refractivity contribution in [2.45, 2.75) is 153 Å². The maximum atomic E-state index is 10.8. The molecule has 10 aliphatic rings. The number of hydrogen-bond donors (Lipinski definition) is 1. The predicted molar refractivity (Wildman–Crippen MR) is 153 cm³/mol. The van der Waals surface area contributed by atoms with Gasteiger partial charge in [-0.05, 0) is 107 Å². The second-order valence-electron chi connectivity index (χ2n) is 16.4. The molecule has 9 nitrogen and oxygen atoms in total. The first-order valence-electron chi connectivity index (χ1n) is 17.5. The Hall–Kier alpha value is -0.360. The number of aliphatic hydroxyl groups excluding tert-OH is 1. The van der Waals surface area contributed by atoms with Crippen LogP contribution in [0.5, 0.6) is 0 Å². The average molecular weight is 607 g/mol. The lowest BCUT2D eigenvalue weighted by molar-refractivity contribution is -0.571. The lowest BCUT2D eigenvalue weighted by atomic mass is 9.56. The molecule has 8 saturated heterocycles. The Balaban J connectivity index is 1.02. The van der Waals surface area contributed by atoms with Gasteiger partial charge in [0.05, 0.1) is 12.2 Å². The summed E-state index contributed by atoms with van der Waals surface area (Å²) in [6, 6.07) is 0. The molecule has 0 amide bonds. The van der Waals surface area contributed by atoms with Gasteiger partial charge in [-0.25, -0.2) is 19.6 Å². The second kappa shape index (κ2) is 10.3. The van der Waals surface area contributed by atoms with E-state index in [4.69, 9.17) is 38.5 Å². The molecule has 8 aliphatic heterocycles. The van der Waals surface area contributed by atoms with Crippen molar-refractivity contribution in [2.24, 2.45) is 53.3 Å². The van der Waals surface area contributed by atoms with Gasteiger partial charge < -0.3 is 24.1 Å². The van der Waals surface area contributed by atoms with Crippen LogP contribution in [-0.4, -0.2) is 59.3 Å². The highest BCUT2D eigenvalue weighted by atomic mass is 17.3. The van der Waals surface area contributed by atoms with Gasteiger partial charge in [-0.2, -0.15) is 0 Å². The molecule has 2 saturated carbocycles. The number of ether oxygens (including phenoxy) is 4. The average Bonchev–Trinajstić information content (AvgIpc) is 3.35. The van der Waals surface area contributed by atoms with Gasteiger partial charge >= 0.3 is 0 Å². The highest BCUT2D eigenvalue weighted by Gasteiger charge is 2.71. The fraction of sp³-hybridized carbons (Fsp3) is 1.00. The molecule has 1 N–H and O–H groups in total. The van der Waals surface area contributed by atoms with Crippen LogP contribution in [0.25, 0.3) is 0 Å². The maximum absolute atomic E-state index is 10.8. The minimum Gasteiger partial charge on any atom is -0.396 e. The molecule has 244 valence electrons. The Morgan fingerprint density at radius 1 is 0.605 bits per heavy atom. The molecule has 4 unspecified atom stereocenters. The smallest absolute Gasteiger partial charge is 0.201 e. The molecule has 9 heteroatoms. The summed E-state index contributed by atoms with van der Waals surface area (Å²) >= 11 is 0. The molecular weight excluding hydrogens is 552 g/mol. The van der Waals surface area contributed by atoms with Crippen LogP contribution in [0.15, 0.2) is 0 Å². The number of fused-ring (bicyclic) bond motifs is 4. The fourth-order valence-corrected chi connectivity index (χ4v) is 11.4. The zero-order valence-electron chi connectivity index (χ0n) is 27.0. The number of rotatable bonds is 5. The summed E-state index contributed by atoms with van der Waals surface area (Å²) in [4.78, 5) is 24.7. The van der Waals surface area contributed by atoms with Gasteiger partial charge in [0.2, 0.25) is 11.6 Å². The Bertz CT molecular complexity index is 994. The second-order valence-corrected chi connectivity index (χ2v) is 16.4. The van der Waals surface area contributed by atoms with Gasteiger partial charge in [0.1, 0.15) is 0 Å². The maximum Gasteiger partial charge on any atom is 0.201 e. The third kappa shape index (κ3) is 4.28. The molecule has 16 atom stereocenters. The molecule has 0 aromatic rings. The summed E-state index contributed by atoms with van der Waals surface area (Å²) < 4.78 is 27.0. The lowest BCUT2D eigenvalue weighted by Crippen LogP contribution is -2.70. The minimum atomic E-state index is -0.782. The van der Waals surface area contributed by atoms with Crippen LogP contribution in [0.1, 0.15) is 106 Å². The fourth-order valence-electron chi connectivity index (χ4n) is 11.4. The van der Waals surface area contributed by atoms with Crippen molar-refractivity contribution in [3.8, 4) is 0 Å². The van der Waals surface area contributed by atoms with E-state index >= 15 is 0 Å². The van der Waals surface area contributed by atoms with Gasteiger partial charge in [-0.15, -0.1) is 0 Å². The predicted octanol–water partition coefficient (Wildman–Crippen LogP) is 5.88. The van der Waals surface area contributed by atoms with Crippen LogP contribution in [0, 0.1) is 53.3 Å². The molecule has 0 radical (unpaired) electrons. The van der Waals surface area contributed by atoms with E-state index < -0.39 is 35.4 Å². The van der Waals surface area contributed by atoms with Crippen molar-refractivity contribution in [1.82, 2.24) is 0 Å². The molecule has 2 aliphatic carbocycles. The van der Waals surface area contributed by atoms with Crippen molar-refractivity contribution in [3.05, 3.63) is 0 Å². The first-order chi connectivity index (χ1) is 20.5. The van der Waals surface area contributed by atoms with Crippen LogP contribution in [0.4, 0.5) is 0 Å². The standard InChI is InChI=1S/C34H54O9/c1-18-7-9-25-20(3)27(36-29-33(25)23(18)11-13-31(5,38-29)40-42-33)15-22(17-35)16-28-21(4)26-10-8-19(2)24-12-14-32(6)39-30(37-28)34(24,26)43-41-32/h18-30,35H,7-17H2,1-6H3/t18-,19-,20-,21-,22?,23+,24+,25+,26+,27-,28-,29-,30-,31?,32?,33?,34?/m1/s1. The summed E-state index contributed by atoms with van der Waals surface area (Å²) in [5.74, 6) is 1.35. The molecule has 8 heterocycles. The Kier molecular flexibility index (Phi) is 7.20. The summed E-state index contributed by atoms with van der Waals surface area (Å²) in [6.07, 6.45) is 8.74. The lowest BCUT2D eigenvalue weighted by Gasteiger charge is -2.61. The van der Waals surface area contributed by atoms with E-state index in [0.717, 1.165) is 51.4 Å². The van der Waals surface area contributed by atoms with E-state index in [0.29, 0.717) is 23.7 Å². The number of aliphatic hydroxyl groups is 1. The molecule has 4 bridgehead atoms. The van der Waals surface area contributed by atoms with E-state index in [-0.39, 0.29) is 48.4 Å². The first kappa shape index (κ1) is 30.0. The van der Waals surface area contributed by atoms with E-state index in [9.17, 15) is 5.11 Å². The Labute approximate surface area is 256 Å². The van der Waals surface area contributed by atoms with Gasteiger partial charge in [0.25, 0.3) is 0 Å². The van der Waals surface area contributed by atoms with Crippen LogP contribution >= 0.6 is 0 Å². The molecule has 10 rings (SSSR count). The van der Waals surface area contributed by atoms with Crippen LogP contribution < -0.4 is 0 Å². The van der Waals surface area contributed by atoms with E-state index in [1.165, 1.54) is 12.8 Å². The topological polar surface area (TPSA) is 94.1 Å². The van der Waals surface area contributed by atoms with Crippen molar-refractivity contribution in [3.63, 3.8) is 0 Å². The SMILES string of the molecule is C[C@H]1[C@@H](CC(CO)C[C@H]2O[C@@H]3OC4(C)CC[C@H]5[C@H](C)CC[C@@H]([C@H]2C)C35OO4)O[C@@H]2OC3(C)CC[C@H]4[C@H](C)CC[C@@H]1C24OO3. The highest BCUT2D eigenvalue weighted by molar-refractivity contribution is 5.11. The Morgan fingerprint density at radius 2 is 1.05 bits per heavy atom. The normalized spacial score (nSPS) is 59.5. The number of hydrogen-bond acceptors (Lipinski definition) is 9. The van der Waals surface area contributed by atoms with E-state index in [1.54, 1.807) is 0 Å². The van der Waals surface area contributed by atoms with Crippen LogP contribution in [-0.2, 0) is 38.5 Å². The van der Waals surface area contributed by atoms with E-state index in [2.05, 4.69) is 27.7 Å². The first-order valence-corrected chi connectivity index (χ1v) is 17.5. The van der Waals surface area contributed by atoms with Crippen molar-refractivity contribution >= 4 is 0 Å². The van der Waals surface area contributed by atoms with Crippen LogP contribution in [0.2, 0.25) is 0 Å². The summed E-state index contributed by atoms with van der Waals surface area (Å²) in [5.41, 5.74) is -1.12. The van der Waals surface area contributed by atoms with Crippen LogP contribution in [0.3, 0.4) is 0 Å². The van der Waals surface area contributed by atoms with E-state index in [1.807, 2.05) is 13.8 Å². The van der Waals surface area contributed by atoms with Gasteiger partial charge in [-0.1, -0.05) is 27.7 Å². The highest BCUT2D eigenvalue weighted by Crippen LogP contribution is 2.63. The molecule has 0 aromatic carbocycles. The third-order valence-corrected chi connectivity index (χ3v) is 14.0. The largest absolute Gasteiger partial charge is 0.396 e. The van der Waals surface area contributed by atoms with Gasteiger partial charge in [-0.3, -0.25) is 0 Å². The van der Waals surface area contributed by atoms with Crippen molar-refractivity contribution in [2.75, 3.05) is 6.61 Å². The molecular formula is C34H54O9. The summed E-state index contributed by atoms with van der Waals surface area (Å²) in [5, 5.41) is 10.8. The van der Waals surface area contributed by atoms with Gasteiger partial charge in [0, 0.05) is 31.3 Å². The van der Waals surface area contributed by atoms with Crippen molar-refractivity contribution < 1.29 is 43.6 Å². The monoisotopic (exact) mass is 606 g/mol. The Morgan fingerprint density at radius 3 is 1.47 bits per heavy atom. The minimum absolute atomic E-state index is 0.0334. The zero-order valence-corrected chi connectivity index (χ0v) is 27.0. The van der Waals surface area contributed by atoms with Crippen molar-refractivity contribution in [1.29, 1.82) is 0 Å². The van der Waals surface area contributed by atoms with Gasteiger partial charge in [0.15, 0.2) is 23.8 Å². The summed E-state index contributed by atoms with van der Waals surface area (Å²) in [6.45, 7) is 13.4. The zero-order chi connectivity index (χ0) is 29.9. The molecule has 0 aromatic heterocycles. The molecule has 43 heavy (non-hydrogen) atoms. The summed E-state index contributed by atoms with van der Waals surface area (Å²) in [7, 11) is 0. The molecule has 10 fully saturated rings. The quantitative estimate of drug-likeness (QED) is 0.385. The molecule has 2 spiro atoms.